The molecule has 150 valence electrons. The Morgan fingerprint density at radius 1 is 1.10 bits per heavy atom. The molecule has 0 saturated heterocycles. The predicted molar refractivity (Wildman–Crippen MR) is 113 cm³/mol. The summed E-state index contributed by atoms with van der Waals surface area (Å²) in [6, 6.07) is 15.2. The smallest absolute Gasteiger partial charge is 0.261 e. The normalized spacial score (nSPS) is 15.9. The zero-order valence-corrected chi connectivity index (χ0v) is 16.9. The van der Waals surface area contributed by atoms with Gasteiger partial charge in [-0.1, -0.05) is 18.2 Å². The van der Waals surface area contributed by atoms with Gasteiger partial charge < -0.3 is 9.64 Å². The summed E-state index contributed by atoms with van der Waals surface area (Å²) in [5.74, 6) is 1.02. The minimum absolute atomic E-state index is 0.0551. The number of rotatable bonds is 7. The molecule has 0 aliphatic carbocycles. The average Bonchev–Trinajstić information content (AvgIpc) is 3.02. The van der Waals surface area contributed by atoms with Crippen LogP contribution in [-0.4, -0.2) is 55.1 Å². The fourth-order valence-electron chi connectivity index (χ4n) is 3.61. The summed E-state index contributed by atoms with van der Waals surface area (Å²) in [7, 11) is 5.69. The summed E-state index contributed by atoms with van der Waals surface area (Å²) >= 11 is 0. The Morgan fingerprint density at radius 3 is 2.69 bits per heavy atom. The molecule has 29 heavy (non-hydrogen) atoms. The van der Waals surface area contributed by atoms with Crippen molar-refractivity contribution in [2.45, 2.75) is 12.6 Å². The van der Waals surface area contributed by atoms with E-state index < -0.39 is 0 Å². The number of hydrogen-bond donors (Lipinski definition) is 1. The minimum Gasteiger partial charge on any atom is -0.481 e. The molecule has 3 aromatic rings. The molecule has 1 atom stereocenters. The number of fused-ring (bicyclic) bond motifs is 2. The van der Waals surface area contributed by atoms with Crippen LogP contribution in [0.3, 0.4) is 0 Å². The Bertz CT molecular complexity index is 1040. The standard InChI is InChI=1S/C22H25N5O2/c1-26(2)14-6-13-23-21-16-7-4-5-8-17(16)22(28)27(21)18-11-9-15-10-12-19(29-3)25-20(15)24-18/h4-5,7-12,21,23H,6,13-14H2,1-3H3. The van der Waals surface area contributed by atoms with Crippen molar-refractivity contribution in [1.82, 2.24) is 20.2 Å². The molecule has 0 fully saturated rings. The maximum absolute atomic E-state index is 13.2. The first-order chi connectivity index (χ1) is 14.1. The first-order valence-electron chi connectivity index (χ1n) is 9.71. The Labute approximate surface area is 170 Å². The lowest BCUT2D eigenvalue weighted by atomic mass is 10.1. The van der Waals surface area contributed by atoms with Crippen molar-refractivity contribution < 1.29 is 9.53 Å². The Hall–Kier alpha value is -3.03. The van der Waals surface area contributed by atoms with E-state index >= 15 is 0 Å². The maximum Gasteiger partial charge on any atom is 0.261 e. The minimum atomic E-state index is -0.253. The predicted octanol–water partition coefficient (Wildman–Crippen LogP) is 2.84. The molecule has 0 spiro atoms. The Balaban J connectivity index is 1.68. The number of ether oxygens (including phenoxy) is 1. The van der Waals surface area contributed by atoms with Crippen LogP contribution < -0.4 is 15.0 Å². The number of carbonyl (C=O) groups excluding carboxylic acids is 1. The van der Waals surface area contributed by atoms with Crippen LogP contribution in [0.15, 0.2) is 48.5 Å². The second kappa shape index (κ2) is 8.14. The third kappa shape index (κ3) is 3.79. The summed E-state index contributed by atoms with van der Waals surface area (Å²) < 4.78 is 5.22. The van der Waals surface area contributed by atoms with Crippen LogP contribution in [0.2, 0.25) is 0 Å². The zero-order chi connectivity index (χ0) is 20.4. The van der Waals surface area contributed by atoms with Gasteiger partial charge in [0.1, 0.15) is 12.0 Å². The van der Waals surface area contributed by atoms with Gasteiger partial charge in [0.25, 0.3) is 5.91 Å². The molecule has 1 aliphatic heterocycles. The number of pyridine rings is 2. The van der Waals surface area contributed by atoms with Crippen molar-refractivity contribution in [2.24, 2.45) is 0 Å². The van der Waals surface area contributed by atoms with E-state index in [-0.39, 0.29) is 12.1 Å². The maximum atomic E-state index is 13.2. The van der Waals surface area contributed by atoms with Crippen molar-refractivity contribution in [3.8, 4) is 5.88 Å². The van der Waals surface area contributed by atoms with E-state index in [4.69, 9.17) is 4.74 Å². The summed E-state index contributed by atoms with van der Waals surface area (Å²) in [4.78, 5) is 26.2. The lowest BCUT2D eigenvalue weighted by Crippen LogP contribution is -2.38. The lowest BCUT2D eigenvalue weighted by Gasteiger charge is -2.26. The van der Waals surface area contributed by atoms with Gasteiger partial charge in [0.15, 0.2) is 5.65 Å². The van der Waals surface area contributed by atoms with E-state index in [9.17, 15) is 4.79 Å². The molecule has 7 nitrogen and oxygen atoms in total. The van der Waals surface area contributed by atoms with E-state index in [0.29, 0.717) is 22.9 Å². The van der Waals surface area contributed by atoms with E-state index in [1.54, 1.807) is 18.1 Å². The van der Waals surface area contributed by atoms with Crippen molar-refractivity contribution >= 4 is 22.8 Å². The van der Waals surface area contributed by atoms with Crippen molar-refractivity contribution in [3.05, 3.63) is 59.7 Å². The van der Waals surface area contributed by atoms with E-state index in [1.807, 2.05) is 42.5 Å². The highest BCUT2D eigenvalue weighted by Gasteiger charge is 2.38. The summed E-state index contributed by atoms with van der Waals surface area (Å²) in [6.07, 6.45) is 0.730. The number of hydrogen-bond acceptors (Lipinski definition) is 6. The monoisotopic (exact) mass is 391 g/mol. The summed E-state index contributed by atoms with van der Waals surface area (Å²) in [5.41, 5.74) is 2.23. The van der Waals surface area contributed by atoms with Gasteiger partial charge >= 0.3 is 0 Å². The molecule has 4 rings (SSSR count). The first kappa shape index (κ1) is 19.3. The number of aromatic nitrogens is 2. The molecule has 7 heteroatoms. The number of amides is 1. The molecule has 0 saturated carbocycles. The molecule has 3 heterocycles. The number of methoxy groups -OCH3 is 1. The summed E-state index contributed by atoms with van der Waals surface area (Å²) in [6.45, 7) is 1.77. The molecular formula is C22H25N5O2. The fourth-order valence-corrected chi connectivity index (χ4v) is 3.61. The van der Waals surface area contributed by atoms with Crippen molar-refractivity contribution in [3.63, 3.8) is 0 Å². The van der Waals surface area contributed by atoms with Crippen LogP contribution in [0.25, 0.3) is 11.0 Å². The molecule has 0 radical (unpaired) electrons. The molecule has 1 amide bonds. The molecule has 1 unspecified atom stereocenters. The number of nitrogens with one attached hydrogen (secondary N) is 1. The quantitative estimate of drug-likeness (QED) is 0.625. The van der Waals surface area contributed by atoms with Crippen LogP contribution in [0.1, 0.15) is 28.5 Å². The average molecular weight is 391 g/mol. The largest absolute Gasteiger partial charge is 0.481 e. The first-order valence-corrected chi connectivity index (χ1v) is 9.71. The topological polar surface area (TPSA) is 70.6 Å². The van der Waals surface area contributed by atoms with Gasteiger partial charge in [-0.05, 0) is 57.9 Å². The van der Waals surface area contributed by atoms with Crippen molar-refractivity contribution in [1.29, 1.82) is 0 Å². The van der Waals surface area contributed by atoms with Gasteiger partial charge in [-0.3, -0.25) is 15.0 Å². The van der Waals surface area contributed by atoms with Crippen LogP contribution in [0.4, 0.5) is 5.82 Å². The molecule has 1 aliphatic rings. The zero-order valence-electron chi connectivity index (χ0n) is 16.9. The van der Waals surface area contributed by atoms with Gasteiger partial charge in [0.2, 0.25) is 5.88 Å². The highest BCUT2D eigenvalue weighted by Crippen LogP contribution is 2.35. The SMILES string of the molecule is COc1ccc2ccc(N3C(=O)c4ccccc4C3NCCCN(C)C)nc2n1. The second-order valence-electron chi connectivity index (χ2n) is 7.35. The number of nitrogens with zero attached hydrogens (tertiary/aromatic N) is 4. The second-order valence-corrected chi connectivity index (χ2v) is 7.35. The van der Waals surface area contributed by atoms with Crippen LogP contribution >= 0.6 is 0 Å². The highest BCUT2D eigenvalue weighted by atomic mass is 16.5. The molecule has 0 bridgehead atoms. The fraction of sp³-hybridized carbons (Fsp3) is 0.318. The van der Waals surface area contributed by atoms with Gasteiger partial charge in [-0.2, -0.15) is 4.98 Å². The third-order valence-corrected chi connectivity index (χ3v) is 5.05. The van der Waals surface area contributed by atoms with Crippen molar-refractivity contribution in [2.75, 3.05) is 39.2 Å². The number of carbonyl (C=O) groups is 1. The van der Waals surface area contributed by atoms with Crippen LogP contribution in [0.5, 0.6) is 5.88 Å². The lowest BCUT2D eigenvalue weighted by molar-refractivity contribution is 0.0987. The van der Waals surface area contributed by atoms with Gasteiger partial charge in [-0.25, -0.2) is 4.98 Å². The van der Waals surface area contributed by atoms with E-state index in [1.165, 1.54) is 0 Å². The van der Waals surface area contributed by atoms with Crippen LogP contribution in [-0.2, 0) is 0 Å². The molecule has 1 N–H and O–H groups in total. The highest BCUT2D eigenvalue weighted by molar-refractivity contribution is 6.10. The molecule has 1 aromatic carbocycles. The molecule has 2 aromatic heterocycles. The van der Waals surface area contributed by atoms with E-state index in [0.717, 1.165) is 30.5 Å². The van der Waals surface area contributed by atoms with Gasteiger partial charge in [0, 0.05) is 22.6 Å². The van der Waals surface area contributed by atoms with E-state index in [2.05, 4.69) is 34.3 Å². The Morgan fingerprint density at radius 2 is 1.90 bits per heavy atom. The Kier molecular flexibility index (Phi) is 5.42. The third-order valence-electron chi connectivity index (χ3n) is 5.05. The van der Waals surface area contributed by atoms with Gasteiger partial charge in [0.05, 0.1) is 7.11 Å². The number of benzene rings is 1. The number of anilines is 1. The van der Waals surface area contributed by atoms with Gasteiger partial charge in [-0.15, -0.1) is 0 Å². The summed E-state index contributed by atoms with van der Waals surface area (Å²) in [5, 5.41) is 4.43. The van der Waals surface area contributed by atoms with Crippen LogP contribution in [0, 0.1) is 0 Å². The molecular weight excluding hydrogens is 366 g/mol.